The molecule has 102 valence electrons. The molecule has 2 rings (SSSR count). The van der Waals surface area contributed by atoms with Crippen LogP contribution < -0.4 is 4.74 Å². The minimum Gasteiger partial charge on any atom is -0.496 e. The minimum atomic E-state index is 0.760. The molecular formula is C16H14BrNOS. The van der Waals surface area contributed by atoms with Crippen LogP contribution in [0.1, 0.15) is 16.7 Å². The van der Waals surface area contributed by atoms with Crippen molar-refractivity contribution in [3.05, 3.63) is 63.6 Å². The summed E-state index contributed by atoms with van der Waals surface area (Å²) in [5.41, 5.74) is 3.08. The Morgan fingerprint density at radius 3 is 2.70 bits per heavy atom. The molecule has 2 aromatic rings. The number of thioether (sulfide) groups is 1. The Bertz CT molecular complexity index is 637. The third-order valence-corrected chi connectivity index (χ3v) is 4.55. The first-order chi connectivity index (χ1) is 9.74. The van der Waals surface area contributed by atoms with Gasteiger partial charge in [-0.15, -0.1) is 0 Å². The third-order valence-electron chi connectivity index (χ3n) is 2.88. The number of ether oxygens (including phenoxy) is 1. The average molecular weight is 348 g/mol. The van der Waals surface area contributed by atoms with Gasteiger partial charge in [0.05, 0.1) is 23.2 Å². The standard InChI is InChI=1S/C16H14BrNOS/c1-19-16-7-6-12(8-15(16)17)10-20-11-14-5-3-2-4-13(14)9-18/h2-8H,10-11H2,1H3. The van der Waals surface area contributed by atoms with Crippen LogP contribution in [0.25, 0.3) is 0 Å². The second-order valence-electron chi connectivity index (χ2n) is 4.23. The van der Waals surface area contributed by atoms with Gasteiger partial charge in [-0.1, -0.05) is 24.3 Å². The molecule has 0 aromatic heterocycles. The fourth-order valence-electron chi connectivity index (χ4n) is 1.83. The van der Waals surface area contributed by atoms with Crippen LogP contribution in [0.4, 0.5) is 0 Å². The first kappa shape index (κ1) is 15.0. The largest absolute Gasteiger partial charge is 0.496 e. The Kier molecular flexibility index (Phi) is 5.51. The van der Waals surface area contributed by atoms with Crippen molar-refractivity contribution in [2.75, 3.05) is 7.11 Å². The molecule has 0 N–H and O–H groups in total. The first-order valence-corrected chi connectivity index (χ1v) is 8.07. The van der Waals surface area contributed by atoms with Crippen LogP contribution >= 0.6 is 27.7 Å². The van der Waals surface area contributed by atoms with Gasteiger partial charge in [-0.05, 0) is 45.3 Å². The summed E-state index contributed by atoms with van der Waals surface area (Å²) in [7, 11) is 1.66. The van der Waals surface area contributed by atoms with E-state index in [0.717, 1.165) is 32.9 Å². The molecule has 2 nitrogen and oxygen atoms in total. The lowest BCUT2D eigenvalue weighted by atomic mass is 10.1. The smallest absolute Gasteiger partial charge is 0.133 e. The summed E-state index contributed by atoms with van der Waals surface area (Å²) < 4.78 is 6.18. The monoisotopic (exact) mass is 347 g/mol. The van der Waals surface area contributed by atoms with Crippen LogP contribution in [0, 0.1) is 11.3 Å². The Morgan fingerprint density at radius 1 is 1.20 bits per heavy atom. The molecular weight excluding hydrogens is 334 g/mol. The molecule has 0 bridgehead atoms. The number of benzene rings is 2. The van der Waals surface area contributed by atoms with Gasteiger partial charge in [-0.3, -0.25) is 0 Å². The summed E-state index contributed by atoms with van der Waals surface area (Å²) in [6.07, 6.45) is 0. The minimum absolute atomic E-state index is 0.760. The number of hydrogen-bond acceptors (Lipinski definition) is 3. The number of rotatable bonds is 5. The van der Waals surface area contributed by atoms with E-state index >= 15 is 0 Å². The molecule has 0 fully saturated rings. The quantitative estimate of drug-likeness (QED) is 0.781. The molecule has 0 amide bonds. The molecule has 0 unspecified atom stereocenters. The van der Waals surface area contributed by atoms with Gasteiger partial charge in [0.1, 0.15) is 5.75 Å². The van der Waals surface area contributed by atoms with Crippen LogP contribution in [0.15, 0.2) is 46.9 Å². The highest BCUT2D eigenvalue weighted by Crippen LogP contribution is 2.28. The van der Waals surface area contributed by atoms with E-state index in [1.165, 1.54) is 5.56 Å². The maximum atomic E-state index is 9.05. The van der Waals surface area contributed by atoms with E-state index in [1.807, 2.05) is 30.3 Å². The summed E-state index contributed by atoms with van der Waals surface area (Å²) in [5, 5.41) is 9.05. The van der Waals surface area contributed by atoms with Crippen molar-refractivity contribution in [1.82, 2.24) is 0 Å². The zero-order valence-electron chi connectivity index (χ0n) is 11.1. The highest BCUT2D eigenvalue weighted by Gasteiger charge is 2.04. The lowest BCUT2D eigenvalue weighted by Crippen LogP contribution is -1.89. The predicted molar refractivity (Wildman–Crippen MR) is 86.9 cm³/mol. The molecule has 0 aliphatic carbocycles. The highest BCUT2D eigenvalue weighted by atomic mass is 79.9. The van der Waals surface area contributed by atoms with E-state index in [4.69, 9.17) is 10.00 Å². The van der Waals surface area contributed by atoms with Gasteiger partial charge in [-0.2, -0.15) is 17.0 Å². The van der Waals surface area contributed by atoms with Gasteiger partial charge < -0.3 is 4.74 Å². The fourth-order valence-corrected chi connectivity index (χ4v) is 3.41. The topological polar surface area (TPSA) is 33.0 Å². The summed E-state index contributed by atoms with van der Waals surface area (Å²) >= 11 is 5.29. The van der Waals surface area contributed by atoms with E-state index in [1.54, 1.807) is 18.9 Å². The Morgan fingerprint density at radius 2 is 2.00 bits per heavy atom. The van der Waals surface area contributed by atoms with Crippen molar-refractivity contribution < 1.29 is 4.74 Å². The lowest BCUT2D eigenvalue weighted by molar-refractivity contribution is 0.412. The summed E-state index contributed by atoms with van der Waals surface area (Å²) in [6, 6.07) is 16.1. The average Bonchev–Trinajstić information content (AvgIpc) is 2.48. The summed E-state index contributed by atoms with van der Waals surface area (Å²) in [5.74, 6) is 2.59. The Hall–Kier alpha value is -1.44. The summed E-state index contributed by atoms with van der Waals surface area (Å²) in [4.78, 5) is 0. The van der Waals surface area contributed by atoms with Gasteiger partial charge >= 0.3 is 0 Å². The molecule has 0 radical (unpaired) electrons. The Balaban J connectivity index is 1.96. The highest BCUT2D eigenvalue weighted by molar-refractivity contribution is 9.10. The number of nitriles is 1. The van der Waals surface area contributed by atoms with Gasteiger partial charge in [-0.25, -0.2) is 0 Å². The maximum absolute atomic E-state index is 9.05. The molecule has 0 aliphatic heterocycles. The van der Waals surface area contributed by atoms with Crippen LogP contribution in [0.5, 0.6) is 5.75 Å². The van der Waals surface area contributed by atoms with Gasteiger partial charge in [0.25, 0.3) is 0 Å². The Labute approximate surface area is 131 Å². The second-order valence-corrected chi connectivity index (χ2v) is 6.07. The SMILES string of the molecule is COc1ccc(CSCc2ccccc2C#N)cc1Br. The second kappa shape index (κ2) is 7.37. The van der Waals surface area contributed by atoms with Crippen molar-refractivity contribution in [3.8, 4) is 11.8 Å². The van der Waals surface area contributed by atoms with Crippen molar-refractivity contribution in [2.24, 2.45) is 0 Å². The molecule has 2 aromatic carbocycles. The van der Waals surface area contributed by atoms with Crippen molar-refractivity contribution in [2.45, 2.75) is 11.5 Å². The number of nitrogens with zero attached hydrogens (tertiary/aromatic N) is 1. The number of hydrogen-bond donors (Lipinski definition) is 0. The lowest BCUT2D eigenvalue weighted by Gasteiger charge is -2.07. The molecule has 0 aliphatic rings. The normalized spacial score (nSPS) is 10.1. The zero-order chi connectivity index (χ0) is 14.4. The third kappa shape index (κ3) is 3.78. The van der Waals surface area contributed by atoms with Crippen molar-refractivity contribution in [3.63, 3.8) is 0 Å². The van der Waals surface area contributed by atoms with E-state index in [9.17, 15) is 0 Å². The van der Waals surface area contributed by atoms with Crippen LogP contribution in [0.3, 0.4) is 0 Å². The van der Waals surface area contributed by atoms with Crippen LogP contribution in [-0.4, -0.2) is 7.11 Å². The molecule has 0 atom stereocenters. The van der Waals surface area contributed by atoms with Crippen molar-refractivity contribution in [1.29, 1.82) is 5.26 Å². The molecule has 4 heteroatoms. The fraction of sp³-hybridized carbons (Fsp3) is 0.188. The molecule has 0 saturated carbocycles. The van der Waals surface area contributed by atoms with Crippen molar-refractivity contribution >= 4 is 27.7 Å². The summed E-state index contributed by atoms with van der Waals surface area (Å²) in [6.45, 7) is 0. The molecule has 0 spiro atoms. The van der Waals surface area contributed by atoms with E-state index in [-0.39, 0.29) is 0 Å². The van der Waals surface area contributed by atoms with Gasteiger partial charge in [0.2, 0.25) is 0 Å². The molecule has 0 saturated heterocycles. The van der Waals surface area contributed by atoms with Gasteiger partial charge in [0.15, 0.2) is 0 Å². The van der Waals surface area contributed by atoms with Gasteiger partial charge in [0, 0.05) is 11.5 Å². The van der Waals surface area contributed by atoms with E-state index in [0.29, 0.717) is 0 Å². The predicted octanol–water partition coefficient (Wildman–Crippen LogP) is 4.76. The van der Waals surface area contributed by atoms with E-state index in [2.05, 4.69) is 34.1 Å². The van der Waals surface area contributed by atoms with E-state index < -0.39 is 0 Å². The molecule has 0 heterocycles. The first-order valence-electron chi connectivity index (χ1n) is 6.12. The maximum Gasteiger partial charge on any atom is 0.133 e. The number of methoxy groups -OCH3 is 1. The van der Waals surface area contributed by atoms with Crippen LogP contribution in [0.2, 0.25) is 0 Å². The zero-order valence-corrected chi connectivity index (χ0v) is 13.5. The van der Waals surface area contributed by atoms with Crippen LogP contribution in [-0.2, 0) is 11.5 Å². The molecule has 20 heavy (non-hydrogen) atoms. The number of halogens is 1.